The highest BCUT2D eigenvalue weighted by molar-refractivity contribution is 5.85. The molecule has 0 bridgehead atoms. The van der Waals surface area contributed by atoms with Crippen LogP contribution in [0.4, 0.5) is 0 Å². The molecule has 0 unspecified atom stereocenters. The van der Waals surface area contributed by atoms with Crippen LogP contribution in [0, 0.1) is 0 Å². The van der Waals surface area contributed by atoms with Crippen molar-refractivity contribution in [2.24, 2.45) is 11.5 Å². The number of amides is 1. The van der Waals surface area contributed by atoms with Crippen molar-refractivity contribution in [1.82, 2.24) is 5.32 Å². The Kier molecular flexibility index (Phi) is 7.64. The number of nitrogens with one attached hydrogen (secondary N) is 1. The van der Waals surface area contributed by atoms with Gasteiger partial charge in [-0.05, 0) is 19.3 Å². The van der Waals surface area contributed by atoms with Crippen LogP contribution in [0.3, 0.4) is 0 Å². The molecule has 0 aliphatic carbocycles. The van der Waals surface area contributed by atoms with Gasteiger partial charge in [-0.15, -0.1) is 0 Å². The topological polar surface area (TPSA) is 156 Å². The molecule has 104 valence electrons. The van der Waals surface area contributed by atoms with Crippen LogP contribution in [-0.4, -0.2) is 46.7 Å². The Morgan fingerprint density at radius 2 is 1.67 bits per heavy atom. The van der Waals surface area contributed by atoms with Crippen molar-refractivity contribution in [3.8, 4) is 0 Å². The van der Waals surface area contributed by atoms with E-state index in [-0.39, 0.29) is 0 Å². The minimum atomic E-state index is -1.13. The average Bonchev–Trinajstić information content (AvgIpc) is 2.26. The van der Waals surface area contributed by atoms with Crippen molar-refractivity contribution in [2.75, 3.05) is 6.54 Å². The molecule has 2 atom stereocenters. The number of carboxylic acids is 2. The predicted octanol–water partition coefficient (Wildman–Crippen LogP) is -1.51. The highest BCUT2D eigenvalue weighted by Gasteiger charge is 2.16. The Bertz CT molecular complexity index is 308. The molecular weight excluding hydrogens is 242 g/mol. The second-order valence-electron chi connectivity index (χ2n) is 3.94. The SMILES string of the molecule is N[C@@H](CCCCNC(=O)[C@@H](N)CC(=O)O)C(=O)O. The summed E-state index contributed by atoms with van der Waals surface area (Å²) in [6, 6.07) is -1.96. The molecule has 0 fully saturated rings. The second kappa shape index (κ2) is 8.43. The largest absolute Gasteiger partial charge is 0.481 e. The van der Waals surface area contributed by atoms with Gasteiger partial charge in [0.25, 0.3) is 0 Å². The molecule has 0 saturated carbocycles. The summed E-state index contributed by atoms with van der Waals surface area (Å²) < 4.78 is 0. The molecule has 0 aliphatic rings. The smallest absolute Gasteiger partial charge is 0.320 e. The van der Waals surface area contributed by atoms with E-state index in [1.165, 1.54) is 0 Å². The molecular formula is C10H19N3O5. The summed E-state index contributed by atoms with van der Waals surface area (Å²) >= 11 is 0. The molecule has 7 N–H and O–H groups in total. The first-order valence-electron chi connectivity index (χ1n) is 5.58. The van der Waals surface area contributed by atoms with Crippen LogP contribution in [0.25, 0.3) is 0 Å². The fourth-order valence-electron chi connectivity index (χ4n) is 1.24. The van der Waals surface area contributed by atoms with E-state index in [9.17, 15) is 14.4 Å². The fraction of sp³-hybridized carbons (Fsp3) is 0.700. The van der Waals surface area contributed by atoms with E-state index in [1.807, 2.05) is 0 Å². The van der Waals surface area contributed by atoms with Crippen molar-refractivity contribution in [2.45, 2.75) is 37.8 Å². The van der Waals surface area contributed by atoms with Gasteiger partial charge < -0.3 is 27.0 Å². The van der Waals surface area contributed by atoms with E-state index in [1.54, 1.807) is 0 Å². The molecule has 1 amide bonds. The van der Waals surface area contributed by atoms with E-state index >= 15 is 0 Å². The summed E-state index contributed by atoms with van der Waals surface area (Å²) in [5, 5.41) is 19.4. The van der Waals surface area contributed by atoms with E-state index in [0.717, 1.165) is 0 Å². The van der Waals surface area contributed by atoms with Crippen LogP contribution >= 0.6 is 0 Å². The first-order chi connectivity index (χ1) is 8.34. The van der Waals surface area contributed by atoms with Crippen molar-refractivity contribution in [1.29, 1.82) is 0 Å². The number of carboxylic acid groups (broad SMARTS) is 2. The zero-order valence-corrected chi connectivity index (χ0v) is 9.96. The Labute approximate surface area is 104 Å². The van der Waals surface area contributed by atoms with Crippen LogP contribution in [0.5, 0.6) is 0 Å². The number of rotatable bonds is 9. The number of hydrogen-bond donors (Lipinski definition) is 5. The van der Waals surface area contributed by atoms with Gasteiger partial charge in [-0.3, -0.25) is 14.4 Å². The zero-order chi connectivity index (χ0) is 14.1. The molecule has 0 aliphatic heterocycles. The standard InChI is InChI=1S/C10H19N3O5/c11-6(10(17)18)3-1-2-4-13-9(16)7(12)5-8(14)15/h6-7H,1-5,11-12H2,(H,13,16)(H,14,15)(H,17,18)/t6-,7-/m0/s1. The van der Waals surface area contributed by atoms with E-state index in [2.05, 4.69) is 5.32 Å². The van der Waals surface area contributed by atoms with Crippen LogP contribution < -0.4 is 16.8 Å². The van der Waals surface area contributed by atoms with Gasteiger partial charge in [0, 0.05) is 6.54 Å². The lowest BCUT2D eigenvalue weighted by atomic mass is 10.1. The van der Waals surface area contributed by atoms with Gasteiger partial charge in [-0.1, -0.05) is 0 Å². The highest BCUT2D eigenvalue weighted by Crippen LogP contribution is 1.98. The normalized spacial score (nSPS) is 13.7. The van der Waals surface area contributed by atoms with Crippen molar-refractivity contribution in [3.63, 3.8) is 0 Å². The lowest BCUT2D eigenvalue weighted by molar-refractivity contribution is -0.139. The number of carbonyl (C=O) groups is 3. The molecule has 0 saturated heterocycles. The Morgan fingerprint density at radius 1 is 1.06 bits per heavy atom. The number of carbonyl (C=O) groups excluding carboxylic acids is 1. The summed E-state index contributed by atoms with van der Waals surface area (Å²) in [6.45, 7) is 0.318. The Hall–Kier alpha value is -1.67. The molecule has 0 rings (SSSR count). The lowest BCUT2D eigenvalue weighted by Crippen LogP contribution is -2.42. The minimum absolute atomic E-state index is 0.318. The third-order valence-corrected chi connectivity index (χ3v) is 2.29. The monoisotopic (exact) mass is 261 g/mol. The molecule has 0 aromatic carbocycles. The van der Waals surface area contributed by atoms with Crippen molar-refractivity contribution >= 4 is 17.8 Å². The van der Waals surface area contributed by atoms with Crippen LogP contribution in [0.2, 0.25) is 0 Å². The number of hydrogen-bond acceptors (Lipinski definition) is 5. The molecule has 18 heavy (non-hydrogen) atoms. The van der Waals surface area contributed by atoms with Gasteiger partial charge >= 0.3 is 11.9 Å². The first kappa shape index (κ1) is 16.3. The maximum Gasteiger partial charge on any atom is 0.320 e. The molecule has 0 aromatic heterocycles. The van der Waals surface area contributed by atoms with Gasteiger partial charge in [0.05, 0.1) is 12.5 Å². The third-order valence-electron chi connectivity index (χ3n) is 2.29. The maximum atomic E-state index is 11.3. The van der Waals surface area contributed by atoms with Gasteiger partial charge in [-0.2, -0.15) is 0 Å². The van der Waals surface area contributed by atoms with Gasteiger partial charge in [0.2, 0.25) is 5.91 Å². The minimum Gasteiger partial charge on any atom is -0.481 e. The van der Waals surface area contributed by atoms with Crippen LogP contribution in [0.15, 0.2) is 0 Å². The van der Waals surface area contributed by atoms with Crippen molar-refractivity contribution < 1.29 is 24.6 Å². The van der Waals surface area contributed by atoms with E-state index < -0.39 is 36.4 Å². The predicted molar refractivity (Wildman–Crippen MR) is 62.7 cm³/mol. The molecule has 0 aromatic rings. The molecule has 0 heterocycles. The lowest BCUT2D eigenvalue weighted by Gasteiger charge is -2.10. The molecule has 0 radical (unpaired) electrons. The van der Waals surface area contributed by atoms with Gasteiger partial charge in [0.15, 0.2) is 0 Å². The maximum absolute atomic E-state index is 11.3. The molecule has 8 heteroatoms. The number of unbranched alkanes of at least 4 members (excludes halogenated alkanes) is 1. The second-order valence-corrected chi connectivity index (χ2v) is 3.94. The fourth-order valence-corrected chi connectivity index (χ4v) is 1.24. The Morgan fingerprint density at radius 3 is 2.17 bits per heavy atom. The third kappa shape index (κ3) is 7.58. The quantitative estimate of drug-likeness (QED) is 0.316. The van der Waals surface area contributed by atoms with Gasteiger partial charge in [-0.25, -0.2) is 0 Å². The van der Waals surface area contributed by atoms with Crippen molar-refractivity contribution in [3.05, 3.63) is 0 Å². The Balaban J connectivity index is 3.63. The van der Waals surface area contributed by atoms with E-state index in [0.29, 0.717) is 25.8 Å². The number of nitrogens with two attached hydrogens (primary N) is 2. The molecule has 8 nitrogen and oxygen atoms in total. The first-order valence-corrected chi connectivity index (χ1v) is 5.58. The summed E-state index contributed by atoms with van der Waals surface area (Å²) in [6.07, 6.45) is 1.02. The van der Waals surface area contributed by atoms with E-state index in [4.69, 9.17) is 21.7 Å². The molecule has 0 spiro atoms. The van der Waals surface area contributed by atoms with Crippen LogP contribution in [-0.2, 0) is 14.4 Å². The summed E-state index contributed by atoms with van der Waals surface area (Å²) in [5.41, 5.74) is 10.6. The van der Waals surface area contributed by atoms with Crippen LogP contribution in [0.1, 0.15) is 25.7 Å². The zero-order valence-electron chi connectivity index (χ0n) is 9.96. The number of aliphatic carboxylic acids is 2. The average molecular weight is 261 g/mol. The summed E-state index contributed by atoms with van der Waals surface area (Å²) in [7, 11) is 0. The van der Waals surface area contributed by atoms with Gasteiger partial charge in [0.1, 0.15) is 6.04 Å². The summed E-state index contributed by atoms with van der Waals surface area (Å²) in [4.78, 5) is 32.0. The summed E-state index contributed by atoms with van der Waals surface area (Å²) in [5.74, 6) is -2.72. The highest BCUT2D eigenvalue weighted by atomic mass is 16.4.